The summed E-state index contributed by atoms with van der Waals surface area (Å²) in [5, 5.41) is 13.2. The lowest BCUT2D eigenvalue weighted by Gasteiger charge is -2.18. The first-order valence-electron chi connectivity index (χ1n) is 7.18. The van der Waals surface area contributed by atoms with Crippen LogP contribution in [0.15, 0.2) is 47.4 Å². The fraction of sp³-hybridized carbons (Fsp3) is 0.200. The summed E-state index contributed by atoms with van der Waals surface area (Å²) in [6.45, 7) is 0.406. The molecular formula is C15H16N6O2. The zero-order valence-corrected chi connectivity index (χ0v) is 12.3. The lowest BCUT2D eigenvalue weighted by atomic mass is 10.0. The van der Waals surface area contributed by atoms with Crippen LogP contribution in [0.4, 0.5) is 4.79 Å². The van der Waals surface area contributed by atoms with Crippen molar-refractivity contribution in [1.82, 2.24) is 25.3 Å². The first kappa shape index (κ1) is 14.9. The van der Waals surface area contributed by atoms with Crippen LogP contribution in [-0.4, -0.2) is 32.6 Å². The zero-order chi connectivity index (χ0) is 16.2. The van der Waals surface area contributed by atoms with Crippen LogP contribution in [0.3, 0.4) is 0 Å². The molecule has 8 nitrogen and oxygen atoms in total. The van der Waals surface area contributed by atoms with Gasteiger partial charge in [0.2, 0.25) is 0 Å². The summed E-state index contributed by atoms with van der Waals surface area (Å²) in [6, 6.07) is 9.85. The smallest absolute Gasteiger partial charge is 0.330 e. The van der Waals surface area contributed by atoms with Gasteiger partial charge in [-0.3, -0.25) is 9.89 Å². The molecule has 118 valence electrons. The molecule has 2 aromatic heterocycles. The lowest BCUT2D eigenvalue weighted by molar-refractivity contribution is 0.234. The Kier molecular flexibility index (Phi) is 4.15. The van der Waals surface area contributed by atoms with Crippen molar-refractivity contribution in [2.45, 2.75) is 12.5 Å². The van der Waals surface area contributed by atoms with Crippen molar-refractivity contribution in [2.24, 2.45) is 5.73 Å². The van der Waals surface area contributed by atoms with Gasteiger partial charge in [0, 0.05) is 6.07 Å². The van der Waals surface area contributed by atoms with E-state index in [-0.39, 0.29) is 6.04 Å². The molecule has 4 N–H and O–H groups in total. The minimum Gasteiger partial charge on any atom is -0.330 e. The van der Waals surface area contributed by atoms with Gasteiger partial charge in [-0.15, -0.1) is 4.68 Å². The second-order valence-electron chi connectivity index (χ2n) is 5.05. The van der Waals surface area contributed by atoms with E-state index in [1.807, 2.05) is 30.3 Å². The Bertz CT molecular complexity index is 870. The summed E-state index contributed by atoms with van der Waals surface area (Å²) in [4.78, 5) is 24.4. The Morgan fingerprint density at radius 1 is 1.35 bits per heavy atom. The predicted molar refractivity (Wildman–Crippen MR) is 84.9 cm³/mol. The maximum absolute atomic E-state index is 12.4. The molecule has 1 unspecified atom stereocenters. The number of nitrogens with zero attached hydrogens (tertiary/aromatic N) is 3. The van der Waals surface area contributed by atoms with Crippen LogP contribution in [0.5, 0.6) is 0 Å². The van der Waals surface area contributed by atoms with Gasteiger partial charge in [-0.25, -0.2) is 4.79 Å². The highest BCUT2D eigenvalue weighted by Crippen LogP contribution is 2.15. The number of carbonyl (C=O) groups is 1. The Balaban J connectivity index is 1.88. The molecule has 0 bridgehead atoms. The largest absolute Gasteiger partial charge is 0.345 e. The van der Waals surface area contributed by atoms with Crippen molar-refractivity contribution >= 4 is 17.1 Å². The molecule has 0 spiro atoms. The number of amides is 1. The SMILES string of the molecule is NCCC(NC(=O)n1nc2cn[nH]c2cc1=O)c1ccccc1. The van der Waals surface area contributed by atoms with Gasteiger partial charge in [-0.1, -0.05) is 30.3 Å². The zero-order valence-electron chi connectivity index (χ0n) is 12.3. The third-order valence-electron chi connectivity index (χ3n) is 3.48. The molecule has 1 atom stereocenters. The van der Waals surface area contributed by atoms with Gasteiger partial charge >= 0.3 is 6.03 Å². The van der Waals surface area contributed by atoms with E-state index in [0.29, 0.717) is 24.0 Å². The molecule has 3 aromatic rings. The molecule has 0 saturated heterocycles. The first-order valence-corrected chi connectivity index (χ1v) is 7.18. The summed E-state index contributed by atoms with van der Waals surface area (Å²) in [5.41, 5.74) is 6.94. The third-order valence-corrected chi connectivity index (χ3v) is 3.48. The molecule has 0 aliphatic heterocycles. The van der Waals surface area contributed by atoms with E-state index < -0.39 is 11.6 Å². The van der Waals surface area contributed by atoms with Crippen LogP contribution in [0.2, 0.25) is 0 Å². The van der Waals surface area contributed by atoms with Crippen molar-refractivity contribution in [3.63, 3.8) is 0 Å². The summed E-state index contributed by atoms with van der Waals surface area (Å²) in [7, 11) is 0. The van der Waals surface area contributed by atoms with E-state index in [4.69, 9.17) is 5.73 Å². The van der Waals surface area contributed by atoms with Crippen molar-refractivity contribution in [2.75, 3.05) is 6.54 Å². The minimum atomic E-state index is -0.597. The van der Waals surface area contributed by atoms with Crippen LogP contribution in [0, 0.1) is 0 Å². The second kappa shape index (κ2) is 6.41. The van der Waals surface area contributed by atoms with Crippen LogP contribution in [-0.2, 0) is 0 Å². The molecule has 0 aliphatic carbocycles. The fourth-order valence-corrected chi connectivity index (χ4v) is 2.35. The number of benzene rings is 1. The van der Waals surface area contributed by atoms with E-state index >= 15 is 0 Å². The number of aromatic nitrogens is 4. The quantitative estimate of drug-likeness (QED) is 0.657. The van der Waals surface area contributed by atoms with Crippen LogP contribution < -0.4 is 16.6 Å². The summed E-state index contributed by atoms with van der Waals surface area (Å²) in [6.07, 6.45) is 2.01. The molecule has 2 heterocycles. The molecule has 0 radical (unpaired) electrons. The Morgan fingerprint density at radius 3 is 2.87 bits per heavy atom. The summed E-state index contributed by atoms with van der Waals surface area (Å²) in [5.74, 6) is 0. The number of carbonyl (C=O) groups excluding carboxylic acids is 1. The van der Waals surface area contributed by atoms with E-state index in [0.717, 1.165) is 10.2 Å². The van der Waals surface area contributed by atoms with Crippen molar-refractivity contribution < 1.29 is 4.79 Å². The van der Waals surface area contributed by atoms with Crippen molar-refractivity contribution in [3.05, 3.63) is 58.5 Å². The lowest BCUT2D eigenvalue weighted by Crippen LogP contribution is -2.40. The molecule has 0 aliphatic rings. The number of fused-ring (bicyclic) bond motifs is 1. The third kappa shape index (κ3) is 3.11. The van der Waals surface area contributed by atoms with Crippen molar-refractivity contribution in [1.29, 1.82) is 0 Å². The van der Waals surface area contributed by atoms with Gasteiger partial charge in [0.25, 0.3) is 5.56 Å². The molecule has 3 rings (SSSR count). The molecule has 1 aromatic carbocycles. The standard InChI is InChI=1S/C15H16N6O2/c16-7-6-11(10-4-2-1-3-5-10)18-15(23)21-14(22)8-12-13(20-21)9-17-19-12/h1-5,8-9,11,19H,6-7,16H2,(H,18,23). The average molecular weight is 312 g/mol. The number of hydrogen-bond donors (Lipinski definition) is 3. The predicted octanol–water partition coefficient (Wildman–Crippen LogP) is 0.767. The topological polar surface area (TPSA) is 119 Å². The number of hydrogen-bond acceptors (Lipinski definition) is 5. The minimum absolute atomic E-state index is 0.289. The Hall–Kier alpha value is -3.00. The average Bonchev–Trinajstić information content (AvgIpc) is 3.01. The number of H-pyrrole nitrogens is 1. The number of aromatic amines is 1. The van der Waals surface area contributed by atoms with E-state index in [2.05, 4.69) is 20.6 Å². The molecule has 8 heteroatoms. The van der Waals surface area contributed by atoms with E-state index in [1.165, 1.54) is 12.3 Å². The van der Waals surface area contributed by atoms with Crippen molar-refractivity contribution in [3.8, 4) is 0 Å². The molecule has 1 amide bonds. The summed E-state index contributed by atoms with van der Waals surface area (Å²) >= 11 is 0. The Morgan fingerprint density at radius 2 is 2.13 bits per heavy atom. The maximum atomic E-state index is 12.4. The van der Waals surface area contributed by atoms with Crippen LogP contribution in [0.1, 0.15) is 18.0 Å². The highest BCUT2D eigenvalue weighted by Gasteiger charge is 2.17. The first-order chi connectivity index (χ1) is 11.2. The highest BCUT2D eigenvalue weighted by molar-refractivity contribution is 5.79. The maximum Gasteiger partial charge on any atom is 0.345 e. The fourth-order valence-electron chi connectivity index (χ4n) is 2.35. The van der Waals surface area contributed by atoms with Gasteiger partial charge in [0.15, 0.2) is 0 Å². The van der Waals surface area contributed by atoms with Gasteiger partial charge < -0.3 is 11.1 Å². The second-order valence-corrected chi connectivity index (χ2v) is 5.05. The molecular weight excluding hydrogens is 296 g/mol. The summed E-state index contributed by atoms with van der Waals surface area (Å²) < 4.78 is 0.796. The van der Waals surface area contributed by atoms with E-state index in [9.17, 15) is 9.59 Å². The van der Waals surface area contributed by atoms with Crippen LogP contribution in [0.25, 0.3) is 11.0 Å². The van der Waals surface area contributed by atoms with Crippen LogP contribution >= 0.6 is 0 Å². The van der Waals surface area contributed by atoms with Gasteiger partial charge in [0.05, 0.1) is 17.8 Å². The Labute approximate surface area is 131 Å². The van der Waals surface area contributed by atoms with Gasteiger partial charge in [-0.05, 0) is 18.5 Å². The molecule has 23 heavy (non-hydrogen) atoms. The number of nitrogens with two attached hydrogens (primary N) is 1. The number of rotatable bonds is 4. The highest BCUT2D eigenvalue weighted by atomic mass is 16.2. The number of nitrogens with one attached hydrogen (secondary N) is 2. The normalized spacial score (nSPS) is 12.2. The van der Waals surface area contributed by atoms with Gasteiger partial charge in [0.1, 0.15) is 5.52 Å². The molecule has 0 saturated carbocycles. The monoisotopic (exact) mass is 312 g/mol. The molecule has 0 fully saturated rings. The van der Waals surface area contributed by atoms with E-state index in [1.54, 1.807) is 0 Å². The van der Waals surface area contributed by atoms with Gasteiger partial charge in [-0.2, -0.15) is 10.2 Å².